The van der Waals surface area contributed by atoms with Crippen LogP contribution in [0.5, 0.6) is 0 Å². The first-order valence-electron chi connectivity index (χ1n) is 3.72. The van der Waals surface area contributed by atoms with Gasteiger partial charge in [0.1, 0.15) is 0 Å². The third-order valence-corrected chi connectivity index (χ3v) is 2.27. The van der Waals surface area contributed by atoms with Crippen LogP contribution in [0.1, 0.15) is 62.8 Å². The summed E-state index contributed by atoms with van der Waals surface area (Å²) in [5.41, 5.74) is 1.72. The molecule has 0 heteroatoms. The molecule has 0 aliphatic rings. The second-order valence-electron chi connectivity index (χ2n) is 3.19. The molecule has 0 N–H and O–H groups in total. The van der Waals surface area contributed by atoms with Crippen LogP contribution in [0.3, 0.4) is 0 Å². The van der Waals surface area contributed by atoms with E-state index in [1.807, 2.05) is 0 Å². The van der Waals surface area contributed by atoms with Crippen molar-refractivity contribution in [1.82, 2.24) is 0 Å². The minimum absolute atomic E-state index is 0. The maximum Gasteiger partial charge on any atom is -0.0150 e. The van der Waals surface area contributed by atoms with Crippen molar-refractivity contribution >= 4 is 0 Å². The Labute approximate surface area is 81.1 Å². The van der Waals surface area contributed by atoms with E-state index in [0.717, 1.165) is 6.42 Å². The van der Waals surface area contributed by atoms with Crippen LogP contribution in [-0.4, -0.2) is 0 Å². The molecule has 0 nitrogen and oxygen atoms in total. The van der Waals surface area contributed by atoms with Gasteiger partial charge in [0.05, 0.1) is 0 Å². The lowest BCUT2D eigenvalue weighted by atomic mass is 9.81. The van der Waals surface area contributed by atoms with Crippen LogP contribution in [0.15, 0.2) is 12.2 Å². The van der Waals surface area contributed by atoms with E-state index in [4.69, 9.17) is 0 Å². The molecule has 0 radical (unpaired) electrons. The lowest BCUT2D eigenvalue weighted by Gasteiger charge is -2.24. The van der Waals surface area contributed by atoms with E-state index < -0.39 is 0 Å². The zero-order valence-corrected chi connectivity index (χ0v) is 7.12. The maximum absolute atomic E-state index is 4.02. The predicted molar refractivity (Wildman–Crippen MR) is 63.7 cm³/mol. The highest BCUT2D eigenvalue weighted by Crippen LogP contribution is 2.30. The second kappa shape index (κ2) is 8.83. The Balaban J connectivity index is -0.000000107. The molecule has 0 saturated carbocycles. The minimum atomic E-state index is 0. The lowest BCUT2D eigenvalue weighted by Crippen LogP contribution is -2.11. The molecule has 78 valence electrons. The first-order chi connectivity index (χ1) is 4.04. The van der Waals surface area contributed by atoms with Crippen LogP contribution in [-0.2, 0) is 0 Å². The van der Waals surface area contributed by atoms with Crippen molar-refractivity contribution in [3.63, 3.8) is 0 Å². The molecule has 0 fully saturated rings. The van der Waals surface area contributed by atoms with Crippen LogP contribution >= 0.6 is 0 Å². The van der Waals surface area contributed by atoms with Crippen LogP contribution in [0.4, 0.5) is 0 Å². The molecule has 0 atom stereocenters. The summed E-state index contributed by atoms with van der Waals surface area (Å²) in [5.74, 6) is 0. The Hall–Kier alpha value is -0.260. The lowest BCUT2D eigenvalue weighted by molar-refractivity contribution is 0.419. The summed E-state index contributed by atoms with van der Waals surface area (Å²) < 4.78 is 0. The molecule has 0 amide bonds. The molecule has 0 aromatic rings. The van der Waals surface area contributed by atoms with Gasteiger partial charge in [0.15, 0.2) is 0 Å². The largest absolute Gasteiger partial charge is 0.0993 e. The third kappa shape index (κ3) is 6.45. The van der Waals surface area contributed by atoms with Gasteiger partial charge in [-0.3, -0.25) is 0 Å². The van der Waals surface area contributed by atoms with Crippen molar-refractivity contribution in [2.75, 3.05) is 0 Å². The highest BCUT2D eigenvalue weighted by atomic mass is 14.2. The molecule has 0 saturated heterocycles. The van der Waals surface area contributed by atoms with Gasteiger partial charge in [-0.15, -0.1) is 0 Å². The quantitative estimate of drug-likeness (QED) is 0.509. The van der Waals surface area contributed by atoms with Gasteiger partial charge in [-0.1, -0.05) is 62.1 Å². The average molecular weight is 174 g/mol. The molecular weight excluding hydrogens is 144 g/mol. The SMILES string of the molecule is C.C.C.C=C(CC)C(C)(C)CC. The zero-order chi connectivity index (χ0) is 7.49. The Morgan fingerprint density at radius 3 is 1.50 bits per heavy atom. The number of hydrogen-bond donors (Lipinski definition) is 0. The molecule has 0 rings (SSSR count). The van der Waals surface area contributed by atoms with Gasteiger partial charge in [-0.05, 0) is 18.3 Å². The Morgan fingerprint density at radius 1 is 1.08 bits per heavy atom. The second-order valence-corrected chi connectivity index (χ2v) is 3.19. The van der Waals surface area contributed by atoms with Gasteiger partial charge in [0.2, 0.25) is 0 Å². The van der Waals surface area contributed by atoms with Gasteiger partial charge in [-0.25, -0.2) is 0 Å². The fourth-order valence-electron chi connectivity index (χ4n) is 0.729. The van der Waals surface area contributed by atoms with Crippen molar-refractivity contribution in [2.24, 2.45) is 5.41 Å². The first kappa shape index (κ1) is 22.6. The highest BCUT2D eigenvalue weighted by molar-refractivity contribution is 5.05. The van der Waals surface area contributed by atoms with Crippen molar-refractivity contribution in [1.29, 1.82) is 0 Å². The molecule has 0 spiro atoms. The number of rotatable bonds is 3. The fourth-order valence-corrected chi connectivity index (χ4v) is 0.729. The molecule has 0 unspecified atom stereocenters. The summed E-state index contributed by atoms with van der Waals surface area (Å²) in [6, 6.07) is 0. The summed E-state index contributed by atoms with van der Waals surface area (Å²) in [4.78, 5) is 0. The molecule has 0 aromatic carbocycles. The van der Waals surface area contributed by atoms with E-state index in [1.165, 1.54) is 12.0 Å². The molecule has 0 aliphatic carbocycles. The van der Waals surface area contributed by atoms with Crippen LogP contribution in [0, 0.1) is 5.41 Å². The monoisotopic (exact) mass is 174 g/mol. The van der Waals surface area contributed by atoms with Crippen molar-refractivity contribution in [3.05, 3.63) is 12.2 Å². The molecule has 0 heterocycles. The van der Waals surface area contributed by atoms with E-state index in [0.29, 0.717) is 5.41 Å². The minimum Gasteiger partial charge on any atom is -0.0993 e. The normalized spacial score (nSPS) is 8.67. The number of hydrogen-bond acceptors (Lipinski definition) is 0. The van der Waals surface area contributed by atoms with Crippen LogP contribution in [0.25, 0.3) is 0 Å². The molecule has 0 bridgehead atoms. The van der Waals surface area contributed by atoms with Gasteiger partial charge < -0.3 is 0 Å². The smallest absolute Gasteiger partial charge is 0.0150 e. The van der Waals surface area contributed by atoms with Gasteiger partial charge in [0.25, 0.3) is 0 Å². The summed E-state index contributed by atoms with van der Waals surface area (Å²) in [5, 5.41) is 0. The van der Waals surface area contributed by atoms with Gasteiger partial charge in [0, 0.05) is 0 Å². The van der Waals surface area contributed by atoms with Crippen molar-refractivity contribution in [2.45, 2.75) is 62.8 Å². The molecule has 0 aromatic heterocycles. The Morgan fingerprint density at radius 2 is 1.42 bits per heavy atom. The molecule has 12 heavy (non-hydrogen) atoms. The standard InChI is InChI=1S/C9H18.3CH4/c1-6-8(3)9(4,5)7-2;;;/h3,6-7H2,1-2,4-5H3;3*1H4. The molecule has 0 aliphatic heterocycles. The van der Waals surface area contributed by atoms with Crippen molar-refractivity contribution < 1.29 is 0 Å². The van der Waals surface area contributed by atoms with E-state index in [2.05, 4.69) is 34.3 Å². The van der Waals surface area contributed by atoms with E-state index in [1.54, 1.807) is 0 Å². The van der Waals surface area contributed by atoms with Gasteiger partial charge in [-0.2, -0.15) is 0 Å². The van der Waals surface area contributed by atoms with E-state index in [-0.39, 0.29) is 22.3 Å². The Kier molecular flexibility index (Phi) is 16.6. The predicted octanol–water partition coefficient (Wildman–Crippen LogP) is 5.30. The summed E-state index contributed by atoms with van der Waals surface area (Å²) >= 11 is 0. The average Bonchev–Trinajstić information content (AvgIpc) is 1.86. The van der Waals surface area contributed by atoms with Gasteiger partial charge >= 0.3 is 0 Å². The third-order valence-electron chi connectivity index (χ3n) is 2.27. The topological polar surface area (TPSA) is 0 Å². The summed E-state index contributed by atoms with van der Waals surface area (Å²) in [7, 11) is 0. The highest BCUT2D eigenvalue weighted by Gasteiger charge is 2.16. The zero-order valence-electron chi connectivity index (χ0n) is 7.12. The fraction of sp³-hybridized carbons (Fsp3) is 0.833. The summed E-state index contributed by atoms with van der Waals surface area (Å²) in [6.07, 6.45) is 2.31. The van der Waals surface area contributed by atoms with E-state index in [9.17, 15) is 0 Å². The van der Waals surface area contributed by atoms with Crippen LogP contribution < -0.4 is 0 Å². The van der Waals surface area contributed by atoms with E-state index >= 15 is 0 Å². The van der Waals surface area contributed by atoms with Crippen molar-refractivity contribution in [3.8, 4) is 0 Å². The Bertz CT molecular complexity index is 98.6. The molecular formula is C12H30. The summed E-state index contributed by atoms with van der Waals surface area (Å²) in [6.45, 7) is 12.9. The van der Waals surface area contributed by atoms with Crippen LogP contribution in [0.2, 0.25) is 0 Å². The number of allylic oxidation sites excluding steroid dienone is 1. The maximum atomic E-state index is 4.02. The first-order valence-corrected chi connectivity index (χ1v) is 3.72.